The number of alkyl halides is 3. The van der Waals surface area contributed by atoms with Gasteiger partial charge >= 0.3 is 6.18 Å². The molecule has 2 aromatic rings. The van der Waals surface area contributed by atoms with Gasteiger partial charge in [-0.15, -0.1) is 0 Å². The summed E-state index contributed by atoms with van der Waals surface area (Å²) in [6.45, 7) is 22.0. The van der Waals surface area contributed by atoms with Gasteiger partial charge in [0.25, 0.3) is 0 Å². The minimum absolute atomic E-state index is 0. The molecule has 182 valence electrons. The Morgan fingerprint density at radius 3 is 0.750 bits per heavy atom. The van der Waals surface area contributed by atoms with E-state index in [4.69, 9.17) is 0 Å². The second-order valence-corrected chi connectivity index (χ2v) is 12.0. The first-order valence-electron chi connectivity index (χ1n) is 11.0. The minimum atomic E-state index is -4.23. The molecular weight excluding hydrogens is 405 g/mol. The van der Waals surface area contributed by atoms with E-state index in [1.54, 1.807) is 24.3 Å². The van der Waals surface area contributed by atoms with Crippen LogP contribution in [0.5, 0.6) is 0 Å². The summed E-state index contributed by atoms with van der Waals surface area (Å²) in [6, 6.07) is 15.7. The second-order valence-electron chi connectivity index (χ2n) is 12.0. The average Bonchev–Trinajstić information content (AvgIpc) is 2.59. The highest BCUT2D eigenvalue weighted by atomic mass is 19.4. The first-order chi connectivity index (χ1) is 13.7. The molecule has 0 unspecified atom stereocenters. The van der Waals surface area contributed by atoms with Crippen molar-refractivity contribution < 1.29 is 13.2 Å². The molecule has 0 spiro atoms. The molecule has 0 bridgehead atoms. The minimum Gasteiger partial charge on any atom is -0.170 e. The molecule has 0 aromatic heterocycles. The lowest BCUT2D eigenvalue weighted by Gasteiger charge is -2.29. The van der Waals surface area contributed by atoms with E-state index in [-0.39, 0.29) is 23.7 Å². The van der Waals surface area contributed by atoms with Crippen LogP contribution in [0.3, 0.4) is 0 Å². The lowest BCUT2D eigenvalue weighted by molar-refractivity contribution is -0.180. The van der Waals surface area contributed by atoms with Crippen LogP contribution in [0.25, 0.3) is 0 Å². The van der Waals surface area contributed by atoms with Gasteiger partial charge in [-0.05, 0) is 52.3 Å². The van der Waals surface area contributed by atoms with Crippen LogP contribution in [0, 0.1) is 0 Å². The quantitative estimate of drug-likeness (QED) is 0.405. The Labute approximate surface area is 195 Å². The van der Waals surface area contributed by atoms with E-state index in [1.165, 1.54) is 25.0 Å². The molecule has 0 aliphatic carbocycles. The van der Waals surface area contributed by atoms with Crippen LogP contribution in [-0.2, 0) is 21.7 Å². The van der Waals surface area contributed by atoms with Crippen LogP contribution in [0.1, 0.15) is 106 Å². The average molecular weight is 451 g/mol. The number of halogens is 3. The fourth-order valence-electron chi connectivity index (χ4n) is 3.02. The number of rotatable bonds is 1. The maximum Gasteiger partial charge on any atom is 0.397 e. The van der Waals surface area contributed by atoms with Crippen LogP contribution < -0.4 is 0 Å². The summed E-state index contributed by atoms with van der Waals surface area (Å²) in [6.07, 6.45) is -4.23. The zero-order valence-corrected chi connectivity index (χ0v) is 21.3. The van der Waals surface area contributed by atoms with E-state index in [0.29, 0.717) is 5.56 Å². The van der Waals surface area contributed by atoms with Crippen molar-refractivity contribution >= 4 is 0 Å². The van der Waals surface area contributed by atoms with E-state index in [9.17, 15) is 13.2 Å². The molecule has 0 amide bonds. The zero-order valence-electron chi connectivity index (χ0n) is 21.3. The first kappa shape index (κ1) is 30.2. The zero-order chi connectivity index (χ0) is 24.5. The van der Waals surface area contributed by atoms with Gasteiger partial charge in [0.1, 0.15) is 0 Å². The summed E-state index contributed by atoms with van der Waals surface area (Å²) < 4.78 is 38.6. The van der Waals surface area contributed by atoms with Gasteiger partial charge in [-0.1, -0.05) is 118 Å². The van der Waals surface area contributed by atoms with Crippen LogP contribution in [0.2, 0.25) is 0 Å². The third kappa shape index (κ3) is 7.98. The molecule has 3 heteroatoms. The molecular formula is C29H45F3. The van der Waals surface area contributed by atoms with Gasteiger partial charge in [0.2, 0.25) is 0 Å². The molecule has 0 nitrogen and oxygen atoms in total. The lowest BCUT2D eigenvalue weighted by atomic mass is 9.81. The molecule has 0 N–H and O–H groups in total. The van der Waals surface area contributed by atoms with Crippen LogP contribution in [-0.4, -0.2) is 6.18 Å². The van der Waals surface area contributed by atoms with Crippen molar-refractivity contribution in [3.63, 3.8) is 0 Å². The fourth-order valence-corrected chi connectivity index (χ4v) is 3.02. The molecule has 2 aromatic carbocycles. The molecule has 2 rings (SSSR count). The first-order valence-corrected chi connectivity index (χ1v) is 11.0. The van der Waals surface area contributed by atoms with Crippen LogP contribution in [0.4, 0.5) is 13.2 Å². The van der Waals surface area contributed by atoms with Gasteiger partial charge in [-0.2, -0.15) is 13.2 Å². The second kappa shape index (κ2) is 10.0. The molecule has 0 aliphatic rings. The van der Waals surface area contributed by atoms with E-state index in [2.05, 4.69) is 65.8 Å². The summed E-state index contributed by atoms with van der Waals surface area (Å²) in [5, 5.41) is 0. The SMILES string of the molecule is C.CC(C)(C)c1ccc(C(C)(C)C(F)(F)F)cc1.CC(C)(C)c1ccc(C(C)(C)C)cc1. The highest BCUT2D eigenvalue weighted by Crippen LogP contribution is 2.40. The number of benzene rings is 2. The maximum absolute atomic E-state index is 12.9. The van der Waals surface area contributed by atoms with Gasteiger partial charge in [0.05, 0.1) is 5.41 Å². The summed E-state index contributed by atoms with van der Waals surface area (Å²) in [4.78, 5) is 0. The van der Waals surface area contributed by atoms with Crippen molar-refractivity contribution in [2.45, 2.75) is 111 Å². The fraction of sp³-hybridized carbons (Fsp3) is 0.586. The van der Waals surface area contributed by atoms with Crippen LogP contribution >= 0.6 is 0 Å². The Bertz CT molecular complexity index is 784. The lowest BCUT2D eigenvalue weighted by Crippen LogP contribution is -2.36. The summed E-state index contributed by atoms with van der Waals surface area (Å²) >= 11 is 0. The van der Waals surface area contributed by atoms with Crippen LogP contribution in [0.15, 0.2) is 48.5 Å². The number of hydrogen-bond acceptors (Lipinski definition) is 0. The monoisotopic (exact) mass is 450 g/mol. The predicted molar refractivity (Wildman–Crippen MR) is 135 cm³/mol. The molecule has 32 heavy (non-hydrogen) atoms. The van der Waals surface area contributed by atoms with Gasteiger partial charge in [0.15, 0.2) is 0 Å². The van der Waals surface area contributed by atoms with Gasteiger partial charge in [-0.3, -0.25) is 0 Å². The van der Waals surface area contributed by atoms with Crippen molar-refractivity contribution in [2.75, 3.05) is 0 Å². The normalized spacial score (nSPS) is 13.1. The Balaban J connectivity index is 0.000000592. The third-order valence-corrected chi connectivity index (χ3v) is 5.80. The van der Waals surface area contributed by atoms with E-state index in [0.717, 1.165) is 5.56 Å². The van der Waals surface area contributed by atoms with Crippen molar-refractivity contribution in [1.29, 1.82) is 0 Å². The van der Waals surface area contributed by atoms with E-state index >= 15 is 0 Å². The van der Waals surface area contributed by atoms with E-state index in [1.807, 2.05) is 20.8 Å². The highest BCUT2D eigenvalue weighted by molar-refractivity contribution is 5.33. The van der Waals surface area contributed by atoms with E-state index < -0.39 is 11.6 Å². The smallest absolute Gasteiger partial charge is 0.170 e. The van der Waals surface area contributed by atoms with Crippen molar-refractivity contribution in [2.24, 2.45) is 0 Å². The summed E-state index contributed by atoms with van der Waals surface area (Å²) in [5.41, 5.74) is 2.84. The van der Waals surface area contributed by atoms with Gasteiger partial charge in [0, 0.05) is 0 Å². The Morgan fingerprint density at radius 2 is 0.594 bits per heavy atom. The molecule has 0 radical (unpaired) electrons. The summed E-state index contributed by atoms with van der Waals surface area (Å²) in [5.74, 6) is 0. The topological polar surface area (TPSA) is 0 Å². The molecule has 0 aliphatic heterocycles. The predicted octanol–water partition coefficient (Wildman–Crippen LogP) is 9.74. The maximum atomic E-state index is 12.9. The van der Waals surface area contributed by atoms with Crippen molar-refractivity contribution in [3.8, 4) is 0 Å². The van der Waals surface area contributed by atoms with Gasteiger partial charge < -0.3 is 0 Å². The molecule has 0 heterocycles. The Morgan fingerprint density at radius 1 is 0.406 bits per heavy atom. The van der Waals surface area contributed by atoms with Crippen molar-refractivity contribution in [1.82, 2.24) is 0 Å². The Hall–Kier alpha value is -1.77. The molecule has 0 saturated carbocycles. The molecule has 0 atom stereocenters. The molecule has 0 saturated heterocycles. The largest absolute Gasteiger partial charge is 0.397 e. The standard InChI is InChI=1S/C14H19F3.C14H22.CH4/c1-12(2,3)10-6-8-11(9-7-10)13(4,5)14(15,16)17;1-13(2,3)11-7-9-12(10-8-11)14(4,5)6;/h6-9H,1-5H3;7-10H,1-6H3;1H4. The van der Waals surface area contributed by atoms with Crippen molar-refractivity contribution in [3.05, 3.63) is 70.8 Å². The molecule has 0 fully saturated rings. The Kier molecular flexibility index (Phi) is 9.46. The van der Waals surface area contributed by atoms with Gasteiger partial charge in [-0.25, -0.2) is 0 Å². The number of hydrogen-bond donors (Lipinski definition) is 0. The summed E-state index contributed by atoms with van der Waals surface area (Å²) in [7, 11) is 0. The highest BCUT2D eigenvalue weighted by Gasteiger charge is 2.48. The third-order valence-electron chi connectivity index (χ3n) is 5.80.